The summed E-state index contributed by atoms with van der Waals surface area (Å²) in [7, 11) is 3.50. The molecule has 0 unspecified atom stereocenters. The van der Waals surface area contributed by atoms with Crippen molar-refractivity contribution in [2.45, 2.75) is 11.3 Å². The second kappa shape index (κ2) is 11.2. The fraction of sp³-hybridized carbons (Fsp3) is 0.333. The van der Waals surface area contributed by atoms with Gasteiger partial charge in [-0.3, -0.25) is 4.79 Å². The molecule has 0 fully saturated rings. The number of hydrogen-bond acceptors (Lipinski definition) is 6. The highest BCUT2D eigenvalue weighted by Crippen LogP contribution is 2.25. The molecular formula is C21H26N2O4S. The number of thioether (sulfide) groups is 1. The Balaban J connectivity index is 1.71. The first-order chi connectivity index (χ1) is 13.5. The minimum atomic E-state index is -0.580. The number of rotatable bonds is 10. The predicted octanol–water partition coefficient (Wildman–Crippen LogP) is 3.22. The first-order valence-corrected chi connectivity index (χ1v) is 10.2. The van der Waals surface area contributed by atoms with Crippen molar-refractivity contribution in [1.29, 1.82) is 0 Å². The number of methoxy groups -OCH3 is 1. The highest BCUT2D eigenvalue weighted by molar-refractivity contribution is 7.98. The van der Waals surface area contributed by atoms with Crippen molar-refractivity contribution in [2.24, 2.45) is 0 Å². The standard InChI is InChI=1S/C21H26N2O4S/c1-23(16-8-5-4-6-9-16)13-7-12-22-20(24)15-27-21(25)18-11-10-17(28-3)14-19(18)26-2/h4-6,8-11,14H,7,12-13,15H2,1-3H3,(H,22,24). The number of carbonyl (C=O) groups is 2. The van der Waals surface area contributed by atoms with Gasteiger partial charge in [-0.2, -0.15) is 0 Å². The summed E-state index contributed by atoms with van der Waals surface area (Å²) in [5.41, 5.74) is 1.43. The number of hydrogen-bond donors (Lipinski definition) is 1. The zero-order chi connectivity index (χ0) is 20.4. The van der Waals surface area contributed by atoms with Gasteiger partial charge < -0.3 is 19.7 Å². The third-order valence-corrected chi connectivity index (χ3v) is 4.88. The van der Waals surface area contributed by atoms with Gasteiger partial charge in [0, 0.05) is 30.7 Å². The summed E-state index contributed by atoms with van der Waals surface area (Å²) in [5, 5.41) is 2.77. The summed E-state index contributed by atoms with van der Waals surface area (Å²) in [5.74, 6) is -0.472. The maximum Gasteiger partial charge on any atom is 0.342 e. The molecule has 150 valence electrons. The molecule has 2 aromatic carbocycles. The van der Waals surface area contributed by atoms with Crippen molar-refractivity contribution < 1.29 is 19.1 Å². The summed E-state index contributed by atoms with van der Waals surface area (Å²) >= 11 is 1.55. The second-order valence-corrected chi connectivity index (χ2v) is 6.98. The smallest absolute Gasteiger partial charge is 0.342 e. The highest BCUT2D eigenvalue weighted by atomic mass is 32.2. The lowest BCUT2D eigenvalue weighted by Gasteiger charge is -2.19. The largest absolute Gasteiger partial charge is 0.496 e. The Labute approximate surface area is 170 Å². The lowest BCUT2D eigenvalue weighted by molar-refractivity contribution is -0.124. The van der Waals surface area contributed by atoms with E-state index in [9.17, 15) is 9.59 Å². The van der Waals surface area contributed by atoms with Gasteiger partial charge in [0.25, 0.3) is 5.91 Å². The molecule has 0 aromatic heterocycles. The van der Waals surface area contributed by atoms with Crippen LogP contribution >= 0.6 is 11.8 Å². The molecule has 0 atom stereocenters. The molecule has 0 bridgehead atoms. The van der Waals surface area contributed by atoms with Gasteiger partial charge in [0.2, 0.25) is 0 Å². The average Bonchev–Trinajstić information content (AvgIpc) is 2.74. The van der Waals surface area contributed by atoms with Crippen LogP contribution in [0.2, 0.25) is 0 Å². The number of benzene rings is 2. The number of para-hydroxylation sites is 1. The molecule has 28 heavy (non-hydrogen) atoms. The minimum absolute atomic E-state index is 0.303. The van der Waals surface area contributed by atoms with E-state index in [2.05, 4.69) is 10.2 Å². The van der Waals surface area contributed by atoms with Crippen molar-refractivity contribution in [3.63, 3.8) is 0 Å². The Morgan fingerprint density at radius 1 is 1.14 bits per heavy atom. The van der Waals surface area contributed by atoms with Crippen molar-refractivity contribution in [3.8, 4) is 5.75 Å². The number of esters is 1. The molecule has 0 saturated heterocycles. The highest BCUT2D eigenvalue weighted by Gasteiger charge is 2.15. The van der Waals surface area contributed by atoms with E-state index in [0.717, 1.165) is 23.5 Å². The molecule has 0 aliphatic rings. The Morgan fingerprint density at radius 2 is 1.89 bits per heavy atom. The Hall–Kier alpha value is -2.67. The van der Waals surface area contributed by atoms with Crippen LogP contribution in [-0.2, 0) is 9.53 Å². The van der Waals surface area contributed by atoms with Gasteiger partial charge in [0.15, 0.2) is 6.61 Å². The monoisotopic (exact) mass is 402 g/mol. The van der Waals surface area contributed by atoms with Crippen LogP contribution < -0.4 is 15.0 Å². The first kappa shape index (κ1) is 21.6. The van der Waals surface area contributed by atoms with E-state index in [1.165, 1.54) is 7.11 Å². The van der Waals surface area contributed by atoms with Crippen LogP contribution in [0.25, 0.3) is 0 Å². The molecule has 0 spiro atoms. The summed E-state index contributed by atoms with van der Waals surface area (Å²) in [6, 6.07) is 15.3. The van der Waals surface area contributed by atoms with Gasteiger partial charge in [0.05, 0.1) is 7.11 Å². The van der Waals surface area contributed by atoms with Crippen molar-refractivity contribution >= 4 is 29.3 Å². The molecule has 6 nitrogen and oxygen atoms in total. The van der Waals surface area contributed by atoms with Crippen LogP contribution in [0, 0.1) is 0 Å². The molecule has 2 rings (SSSR count). The Bertz CT molecular complexity index is 783. The van der Waals surface area contributed by atoms with Crippen LogP contribution in [0.15, 0.2) is 53.4 Å². The van der Waals surface area contributed by atoms with Crippen molar-refractivity contribution in [1.82, 2.24) is 5.32 Å². The van der Waals surface area contributed by atoms with Gasteiger partial charge in [0.1, 0.15) is 11.3 Å². The number of nitrogens with one attached hydrogen (secondary N) is 1. The van der Waals surface area contributed by atoms with Crippen molar-refractivity contribution in [3.05, 3.63) is 54.1 Å². The normalized spacial score (nSPS) is 10.2. The SMILES string of the molecule is COc1cc(SC)ccc1C(=O)OCC(=O)NCCCN(C)c1ccccc1. The second-order valence-electron chi connectivity index (χ2n) is 6.10. The minimum Gasteiger partial charge on any atom is -0.496 e. The van der Waals surface area contributed by atoms with E-state index in [-0.39, 0.29) is 12.5 Å². The molecule has 1 amide bonds. The van der Waals surface area contributed by atoms with Crippen LogP contribution in [0.1, 0.15) is 16.8 Å². The number of anilines is 1. The van der Waals surface area contributed by atoms with Crippen molar-refractivity contribution in [2.75, 3.05) is 45.0 Å². The van der Waals surface area contributed by atoms with Crippen LogP contribution in [0.3, 0.4) is 0 Å². The van der Waals surface area contributed by atoms with Crippen LogP contribution in [0.4, 0.5) is 5.69 Å². The molecule has 7 heteroatoms. The Kier molecular flexibility index (Phi) is 8.68. The fourth-order valence-corrected chi connectivity index (χ4v) is 3.01. The van der Waals surface area contributed by atoms with Gasteiger partial charge >= 0.3 is 5.97 Å². The molecule has 0 radical (unpaired) electrons. The van der Waals surface area contributed by atoms with E-state index in [4.69, 9.17) is 9.47 Å². The number of carbonyl (C=O) groups excluding carboxylic acids is 2. The van der Waals surface area contributed by atoms with Crippen LogP contribution in [0.5, 0.6) is 5.75 Å². The van der Waals surface area contributed by atoms with Gasteiger partial charge in [-0.05, 0) is 43.0 Å². The molecule has 0 saturated carbocycles. The first-order valence-electron chi connectivity index (χ1n) is 8.97. The number of ether oxygens (including phenoxy) is 2. The van der Waals surface area contributed by atoms with E-state index < -0.39 is 5.97 Å². The van der Waals surface area contributed by atoms with Gasteiger partial charge in [-0.1, -0.05) is 18.2 Å². The molecule has 0 heterocycles. The topological polar surface area (TPSA) is 67.9 Å². The van der Waals surface area contributed by atoms with E-state index in [1.54, 1.807) is 23.9 Å². The maximum atomic E-state index is 12.2. The Morgan fingerprint density at radius 3 is 2.57 bits per heavy atom. The average molecular weight is 403 g/mol. The summed E-state index contributed by atoms with van der Waals surface area (Å²) in [6.07, 6.45) is 2.73. The van der Waals surface area contributed by atoms with Crippen LogP contribution in [-0.4, -0.2) is 52.0 Å². The quantitative estimate of drug-likeness (QED) is 0.374. The number of nitrogens with zero attached hydrogens (tertiary/aromatic N) is 1. The third kappa shape index (κ3) is 6.49. The summed E-state index contributed by atoms with van der Waals surface area (Å²) < 4.78 is 10.3. The zero-order valence-corrected chi connectivity index (χ0v) is 17.3. The summed E-state index contributed by atoms with van der Waals surface area (Å²) in [4.78, 5) is 27.2. The zero-order valence-electron chi connectivity index (χ0n) is 16.4. The molecule has 0 aliphatic carbocycles. The lowest BCUT2D eigenvalue weighted by Crippen LogP contribution is -2.31. The maximum absolute atomic E-state index is 12.2. The predicted molar refractivity (Wildman–Crippen MR) is 112 cm³/mol. The lowest BCUT2D eigenvalue weighted by atomic mass is 10.2. The molecule has 0 aliphatic heterocycles. The fourth-order valence-electron chi connectivity index (χ4n) is 2.58. The molecule has 2 aromatic rings. The van der Waals surface area contributed by atoms with E-state index in [0.29, 0.717) is 17.9 Å². The summed E-state index contributed by atoms with van der Waals surface area (Å²) in [6.45, 7) is 1.00. The number of amides is 1. The molecular weight excluding hydrogens is 376 g/mol. The van der Waals surface area contributed by atoms with E-state index in [1.807, 2.05) is 49.7 Å². The van der Waals surface area contributed by atoms with Gasteiger partial charge in [-0.15, -0.1) is 11.8 Å². The third-order valence-electron chi connectivity index (χ3n) is 4.15. The van der Waals surface area contributed by atoms with Gasteiger partial charge in [-0.25, -0.2) is 4.79 Å². The molecule has 1 N–H and O–H groups in total. The van der Waals surface area contributed by atoms with E-state index >= 15 is 0 Å².